The van der Waals surface area contributed by atoms with Crippen molar-refractivity contribution in [3.05, 3.63) is 16.5 Å². The monoisotopic (exact) mass is 367 g/mol. The van der Waals surface area contributed by atoms with E-state index in [1.165, 1.54) is 10.4 Å². The second kappa shape index (κ2) is 6.57. The fourth-order valence-electron chi connectivity index (χ4n) is 2.29. The molecule has 0 amide bonds. The Morgan fingerprint density at radius 2 is 2.35 bits per heavy atom. The summed E-state index contributed by atoms with van der Waals surface area (Å²) in [4.78, 5) is 0.0544. The molecule has 0 radical (unpaired) electrons. The van der Waals surface area contributed by atoms with Crippen LogP contribution in [0, 0.1) is 0 Å². The number of aliphatic hydroxyl groups is 1. The SMILES string of the molecule is CCOC1CCCN(S(=O)(=O)c2cc(CO)oc2Br)C1. The van der Waals surface area contributed by atoms with Gasteiger partial charge in [0.15, 0.2) is 4.67 Å². The summed E-state index contributed by atoms with van der Waals surface area (Å²) in [5, 5.41) is 9.02. The molecule has 114 valence electrons. The number of halogens is 1. The third-order valence-electron chi connectivity index (χ3n) is 3.22. The van der Waals surface area contributed by atoms with Crippen molar-refractivity contribution >= 4 is 26.0 Å². The Bertz CT molecular complexity index is 554. The first-order valence-electron chi connectivity index (χ1n) is 6.49. The lowest BCUT2D eigenvalue weighted by Gasteiger charge is -2.31. The summed E-state index contributed by atoms with van der Waals surface area (Å²) in [5.41, 5.74) is 0. The van der Waals surface area contributed by atoms with E-state index in [4.69, 9.17) is 14.3 Å². The molecule has 1 fully saturated rings. The van der Waals surface area contributed by atoms with Gasteiger partial charge < -0.3 is 14.3 Å². The highest BCUT2D eigenvalue weighted by Crippen LogP contribution is 2.30. The standard InChI is InChI=1S/C12H18BrNO5S/c1-2-18-9-4-3-5-14(7-9)20(16,17)11-6-10(8-15)19-12(11)13/h6,9,15H,2-5,7-8H2,1H3. The molecule has 0 bridgehead atoms. The molecule has 2 heterocycles. The van der Waals surface area contributed by atoms with E-state index in [1.54, 1.807) is 0 Å². The molecular weight excluding hydrogens is 350 g/mol. The molecule has 0 aromatic carbocycles. The molecular formula is C12H18BrNO5S. The number of rotatable bonds is 5. The second-order valence-electron chi connectivity index (χ2n) is 4.59. The summed E-state index contributed by atoms with van der Waals surface area (Å²) in [6.07, 6.45) is 1.58. The van der Waals surface area contributed by atoms with Crippen LogP contribution in [0.25, 0.3) is 0 Å². The van der Waals surface area contributed by atoms with E-state index in [0.717, 1.165) is 12.8 Å². The highest BCUT2D eigenvalue weighted by Gasteiger charge is 2.33. The smallest absolute Gasteiger partial charge is 0.247 e. The number of aliphatic hydroxyl groups excluding tert-OH is 1. The number of hydrogen-bond donors (Lipinski definition) is 1. The zero-order valence-electron chi connectivity index (χ0n) is 11.2. The number of hydrogen-bond acceptors (Lipinski definition) is 5. The second-order valence-corrected chi connectivity index (χ2v) is 7.22. The molecule has 20 heavy (non-hydrogen) atoms. The Morgan fingerprint density at radius 3 is 2.95 bits per heavy atom. The van der Waals surface area contributed by atoms with Gasteiger partial charge in [0.1, 0.15) is 17.3 Å². The van der Waals surface area contributed by atoms with Crippen molar-refractivity contribution in [2.75, 3.05) is 19.7 Å². The van der Waals surface area contributed by atoms with Crippen molar-refractivity contribution in [2.45, 2.75) is 37.4 Å². The molecule has 2 rings (SSSR count). The molecule has 1 aliphatic heterocycles. The molecule has 0 saturated carbocycles. The van der Waals surface area contributed by atoms with Gasteiger partial charge in [-0.15, -0.1) is 0 Å². The molecule has 0 spiro atoms. The van der Waals surface area contributed by atoms with Crippen LogP contribution < -0.4 is 0 Å². The quantitative estimate of drug-likeness (QED) is 0.856. The molecule has 1 saturated heterocycles. The molecule has 1 aromatic rings. The minimum atomic E-state index is -3.63. The Morgan fingerprint density at radius 1 is 1.60 bits per heavy atom. The molecule has 1 atom stereocenters. The fourth-order valence-corrected chi connectivity index (χ4v) is 4.76. The summed E-state index contributed by atoms with van der Waals surface area (Å²) >= 11 is 3.09. The minimum Gasteiger partial charge on any atom is -0.450 e. The lowest BCUT2D eigenvalue weighted by molar-refractivity contribution is 0.0265. The fraction of sp³-hybridized carbons (Fsp3) is 0.667. The van der Waals surface area contributed by atoms with Crippen LogP contribution in [0.15, 0.2) is 20.0 Å². The maximum absolute atomic E-state index is 12.6. The minimum absolute atomic E-state index is 0.0544. The molecule has 0 aliphatic carbocycles. The molecule has 6 nitrogen and oxygen atoms in total. The highest BCUT2D eigenvalue weighted by atomic mass is 79.9. The zero-order chi connectivity index (χ0) is 14.8. The average molecular weight is 368 g/mol. The van der Waals surface area contributed by atoms with Gasteiger partial charge in [-0.1, -0.05) is 0 Å². The van der Waals surface area contributed by atoms with Crippen molar-refractivity contribution in [3.63, 3.8) is 0 Å². The van der Waals surface area contributed by atoms with Crippen LogP contribution in [0.5, 0.6) is 0 Å². The van der Waals surface area contributed by atoms with Crippen molar-refractivity contribution in [1.82, 2.24) is 4.31 Å². The Hall–Kier alpha value is -0.410. The molecule has 1 N–H and O–H groups in total. The van der Waals surface area contributed by atoms with Gasteiger partial charge in [0, 0.05) is 25.8 Å². The maximum atomic E-state index is 12.6. The molecule has 8 heteroatoms. The number of sulfonamides is 1. The van der Waals surface area contributed by atoms with Crippen LogP contribution in [0.1, 0.15) is 25.5 Å². The van der Waals surface area contributed by atoms with E-state index in [2.05, 4.69) is 15.9 Å². The Labute approximate surface area is 126 Å². The van der Waals surface area contributed by atoms with Crippen LogP contribution in [0.4, 0.5) is 0 Å². The summed E-state index contributed by atoms with van der Waals surface area (Å²) in [6.45, 7) is 2.95. The van der Waals surface area contributed by atoms with E-state index < -0.39 is 10.0 Å². The van der Waals surface area contributed by atoms with E-state index in [1.807, 2.05) is 6.92 Å². The summed E-state index contributed by atoms with van der Waals surface area (Å²) in [7, 11) is -3.63. The van der Waals surface area contributed by atoms with E-state index >= 15 is 0 Å². The van der Waals surface area contributed by atoms with Crippen molar-refractivity contribution in [3.8, 4) is 0 Å². The lowest BCUT2D eigenvalue weighted by atomic mass is 10.1. The molecule has 1 aromatic heterocycles. The van der Waals surface area contributed by atoms with Crippen molar-refractivity contribution < 1.29 is 22.7 Å². The first-order chi connectivity index (χ1) is 9.48. The third-order valence-corrected chi connectivity index (χ3v) is 5.95. The number of piperidine rings is 1. The van der Waals surface area contributed by atoms with Gasteiger partial charge in [0.2, 0.25) is 10.0 Å². The Balaban J connectivity index is 2.22. The van der Waals surface area contributed by atoms with Gasteiger partial charge in [-0.25, -0.2) is 8.42 Å². The topological polar surface area (TPSA) is 80.0 Å². The predicted molar refractivity (Wildman–Crippen MR) is 75.7 cm³/mol. The first-order valence-corrected chi connectivity index (χ1v) is 8.73. The summed E-state index contributed by atoms with van der Waals surface area (Å²) < 4.78 is 37.4. The average Bonchev–Trinajstić information content (AvgIpc) is 2.81. The van der Waals surface area contributed by atoms with Gasteiger partial charge in [-0.2, -0.15) is 4.31 Å². The van der Waals surface area contributed by atoms with E-state index in [9.17, 15) is 8.42 Å². The maximum Gasteiger partial charge on any atom is 0.247 e. The van der Waals surface area contributed by atoms with Gasteiger partial charge in [0.25, 0.3) is 0 Å². The number of ether oxygens (including phenoxy) is 1. The third kappa shape index (κ3) is 3.25. The first kappa shape index (κ1) is 16.0. The van der Waals surface area contributed by atoms with Gasteiger partial charge >= 0.3 is 0 Å². The normalized spacial score (nSPS) is 21.2. The largest absolute Gasteiger partial charge is 0.450 e. The van der Waals surface area contributed by atoms with Crippen LogP contribution in [0.3, 0.4) is 0 Å². The van der Waals surface area contributed by atoms with Gasteiger partial charge in [0.05, 0.1) is 6.10 Å². The van der Waals surface area contributed by atoms with Crippen LogP contribution >= 0.6 is 15.9 Å². The van der Waals surface area contributed by atoms with Crippen LogP contribution in [-0.4, -0.2) is 43.6 Å². The molecule has 1 unspecified atom stereocenters. The van der Waals surface area contributed by atoms with E-state index in [0.29, 0.717) is 19.7 Å². The number of furan rings is 1. The summed E-state index contributed by atoms with van der Waals surface area (Å²) in [6, 6.07) is 1.35. The molecule has 1 aliphatic rings. The zero-order valence-corrected chi connectivity index (χ0v) is 13.6. The van der Waals surface area contributed by atoms with Crippen LogP contribution in [0.2, 0.25) is 0 Å². The van der Waals surface area contributed by atoms with Crippen LogP contribution in [-0.2, 0) is 21.4 Å². The van der Waals surface area contributed by atoms with Gasteiger partial charge in [-0.3, -0.25) is 0 Å². The van der Waals surface area contributed by atoms with Crippen molar-refractivity contribution in [1.29, 1.82) is 0 Å². The Kier molecular flexibility index (Phi) is 5.25. The highest BCUT2D eigenvalue weighted by molar-refractivity contribution is 9.10. The lowest BCUT2D eigenvalue weighted by Crippen LogP contribution is -2.43. The van der Waals surface area contributed by atoms with Gasteiger partial charge in [-0.05, 0) is 35.7 Å². The van der Waals surface area contributed by atoms with E-state index in [-0.39, 0.29) is 28.0 Å². The predicted octanol–water partition coefficient (Wildman–Crippen LogP) is 1.72. The summed E-state index contributed by atoms with van der Waals surface area (Å²) in [5.74, 6) is 0.216. The van der Waals surface area contributed by atoms with Crippen molar-refractivity contribution in [2.24, 2.45) is 0 Å². The number of nitrogens with zero attached hydrogens (tertiary/aromatic N) is 1.